The molecule has 0 aliphatic carbocycles. The summed E-state index contributed by atoms with van der Waals surface area (Å²) in [7, 11) is 3.52. The van der Waals surface area contributed by atoms with Gasteiger partial charge in [-0.2, -0.15) is 0 Å². The molecule has 0 bridgehead atoms. The van der Waals surface area contributed by atoms with Gasteiger partial charge in [0.2, 0.25) is 5.91 Å². The van der Waals surface area contributed by atoms with E-state index in [1.54, 1.807) is 14.2 Å². The Morgan fingerprint density at radius 1 is 1.64 bits per heavy atom. The summed E-state index contributed by atoms with van der Waals surface area (Å²) >= 11 is 0. The summed E-state index contributed by atoms with van der Waals surface area (Å²) in [6.07, 6.45) is 2.28. The van der Waals surface area contributed by atoms with Gasteiger partial charge in [0.1, 0.15) is 0 Å². The first-order valence-corrected chi connectivity index (χ1v) is 5.19. The Kier molecular flexibility index (Phi) is 4.90. The van der Waals surface area contributed by atoms with Crippen molar-refractivity contribution in [1.29, 1.82) is 0 Å². The van der Waals surface area contributed by atoms with Gasteiger partial charge < -0.3 is 15.0 Å². The molecule has 1 rings (SSSR count). The van der Waals surface area contributed by atoms with Crippen LogP contribution in [-0.4, -0.2) is 51.2 Å². The van der Waals surface area contributed by atoms with Crippen LogP contribution in [0.15, 0.2) is 0 Å². The lowest BCUT2D eigenvalue weighted by Gasteiger charge is -2.32. The molecule has 4 heteroatoms. The second-order valence-electron chi connectivity index (χ2n) is 3.83. The Balaban J connectivity index is 2.35. The van der Waals surface area contributed by atoms with E-state index >= 15 is 0 Å². The van der Waals surface area contributed by atoms with Crippen LogP contribution < -0.4 is 5.32 Å². The number of nitrogens with one attached hydrogen (secondary N) is 1. The van der Waals surface area contributed by atoms with Crippen LogP contribution >= 0.6 is 0 Å². The molecule has 1 saturated heterocycles. The van der Waals surface area contributed by atoms with E-state index in [9.17, 15) is 4.79 Å². The van der Waals surface area contributed by atoms with Crippen LogP contribution in [0, 0.1) is 5.92 Å². The maximum absolute atomic E-state index is 11.6. The fourth-order valence-corrected chi connectivity index (χ4v) is 1.93. The summed E-state index contributed by atoms with van der Waals surface area (Å²) < 4.78 is 5.12. The Morgan fingerprint density at radius 3 is 3.07 bits per heavy atom. The van der Waals surface area contributed by atoms with Gasteiger partial charge in [0.05, 0.1) is 13.2 Å². The number of amides is 1. The average molecular weight is 200 g/mol. The van der Waals surface area contributed by atoms with Crippen molar-refractivity contribution >= 4 is 5.91 Å². The number of carbonyl (C=O) groups excluding carboxylic acids is 1. The van der Waals surface area contributed by atoms with Crippen molar-refractivity contribution in [3.05, 3.63) is 0 Å². The van der Waals surface area contributed by atoms with Crippen LogP contribution in [0.1, 0.15) is 12.8 Å². The van der Waals surface area contributed by atoms with Crippen LogP contribution in [0.4, 0.5) is 0 Å². The third-order valence-electron chi connectivity index (χ3n) is 2.60. The zero-order valence-electron chi connectivity index (χ0n) is 9.08. The van der Waals surface area contributed by atoms with Gasteiger partial charge in [-0.3, -0.25) is 4.79 Å². The van der Waals surface area contributed by atoms with E-state index in [0.717, 1.165) is 26.1 Å². The van der Waals surface area contributed by atoms with Crippen LogP contribution in [0.25, 0.3) is 0 Å². The predicted molar refractivity (Wildman–Crippen MR) is 55.1 cm³/mol. The van der Waals surface area contributed by atoms with Gasteiger partial charge >= 0.3 is 0 Å². The first kappa shape index (κ1) is 11.5. The molecule has 0 aromatic rings. The molecule has 1 N–H and O–H groups in total. The van der Waals surface area contributed by atoms with E-state index < -0.39 is 0 Å². The second-order valence-corrected chi connectivity index (χ2v) is 3.83. The molecule has 0 saturated carbocycles. The summed E-state index contributed by atoms with van der Waals surface area (Å²) in [6, 6.07) is 0. The molecule has 1 unspecified atom stereocenters. The molecular formula is C10H20N2O2. The number of methoxy groups -OCH3 is 1. The molecule has 1 heterocycles. The molecule has 0 aromatic carbocycles. The van der Waals surface area contributed by atoms with E-state index in [0.29, 0.717) is 12.5 Å². The minimum absolute atomic E-state index is 0.202. The minimum atomic E-state index is 0.202. The molecule has 4 nitrogen and oxygen atoms in total. The van der Waals surface area contributed by atoms with Gasteiger partial charge in [-0.05, 0) is 25.8 Å². The van der Waals surface area contributed by atoms with Gasteiger partial charge in [0, 0.05) is 20.2 Å². The lowest BCUT2D eigenvalue weighted by atomic mass is 9.99. The van der Waals surface area contributed by atoms with Crippen molar-refractivity contribution in [2.24, 2.45) is 5.92 Å². The van der Waals surface area contributed by atoms with E-state index in [-0.39, 0.29) is 5.91 Å². The number of ether oxygens (including phenoxy) is 1. The molecule has 0 spiro atoms. The van der Waals surface area contributed by atoms with E-state index in [2.05, 4.69) is 5.32 Å². The third-order valence-corrected chi connectivity index (χ3v) is 2.60. The number of piperidine rings is 1. The summed E-state index contributed by atoms with van der Waals surface area (Å²) in [5.41, 5.74) is 0. The summed E-state index contributed by atoms with van der Waals surface area (Å²) in [5, 5.41) is 2.89. The van der Waals surface area contributed by atoms with Gasteiger partial charge in [0.25, 0.3) is 0 Å². The molecule has 1 aliphatic rings. The molecule has 0 radical (unpaired) electrons. The molecular weight excluding hydrogens is 180 g/mol. The first-order valence-electron chi connectivity index (χ1n) is 5.19. The number of likely N-dealkylation sites (N-methyl/N-ethyl adjacent to an activating group) is 1. The highest BCUT2D eigenvalue weighted by Crippen LogP contribution is 2.16. The Bertz CT molecular complexity index is 183. The normalized spacial score (nSPS) is 22.4. The van der Waals surface area contributed by atoms with E-state index in [1.807, 2.05) is 4.90 Å². The topological polar surface area (TPSA) is 41.6 Å². The number of hydrogen-bond acceptors (Lipinski definition) is 3. The zero-order chi connectivity index (χ0) is 10.4. The molecule has 1 aliphatic heterocycles. The quantitative estimate of drug-likeness (QED) is 0.699. The number of hydrogen-bond donors (Lipinski definition) is 1. The van der Waals surface area contributed by atoms with Gasteiger partial charge in [-0.15, -0.1) is 0 Å². The fraction of sp³-hybridized carbons (Fsp3) is 0.900. The maximum atomic E-state index is 11.6. The summed E-state index contributed by atoms with van der Waals surface area (Å²) in [6.45, 7) is 2.97. The lowest BCUT2D eigenvalue weighted by Crippen LogP contribution is -2.44. The molecule has 0 aromatic heterocycles. The summed E-state index contributed by atoms with van der Waals surface area (Å²) in [4.78, 5) is 13.5. The van der Waals surface area contributed by atoms with Gasteiger partial charge in [-0.25, -0.2) is 0 Å². The van der Waals surface area contributed by atoms with Crippen molar-refractivity contribution in [2.75, 3.05) is 40.4 Å². The van der Waals surface area contributed by atoms with Crippen LogP contribution in [0.3, 0.4) is 0 Å². The number of rotatable bonds is 4. The predicted octanol–water partition coefficient (Wildman–Crippen LogP) is 0.0908. The standard InChI is InChI=1S/C10H20N2O2/c1-11-6-10(13)12-5-3-4-9(7-12)8-14-2/h9,11H,3-8H2,1-2H3. The van der Waals surface area contributed by atoms with Crippen molar-refractivity contribution in [3.8, 4) is 0 Å². The number of nitrogens with zero attached hydrogens (tertiary/aromatic N) is 1. The monoisotopic (exact) mass is 200 g/mol. The molecule has 1 fully saturated rings. The number of carbonyl (C=O) groups is 1. The second kappa shape index (κ2) is 5.98. The lowest BCUT2D eigenvalue weighted by molar-refractivity contribution is -0.132. The van der Waals surface area contributed by atoms with Gasteiger partial charge in [-0.1, -0.05) is 0 Å². The average Bonchev–Trinajstić information content (AvgIpc) is 2.19. The Hall–Kier alpha value is -0.610. The van der Waals surface area contributed by atoms with Crippen molar-refractivity contribution in [3.63, 3.8) is 0 Å². The molecule has 82 valence electrons. The largest absolute Gasteiger partial charge is 0.384 e. The van der Waals surface area contributed by atoms with Crippen molar-refractivity contribution in [2.45, 2.75) is 12.8 Å². The highest BCUT2D eigenvalue weighted by Gasteiger charge is 2.22. The molecule has 1 amide bonds. The zero-order valence-corrected chi connectivity index (χ0v) is 9.08. The van der Waals surface area contributed by atoms with E-state index in [4.69, 9.17) is 4.74 Å². The summed E-state index contributed by atoms with van der Waals surface area (Å²) in [5.74, 6) is 0.725. The SMILES string of the molecule is CNCC(=O)N1CCCC(COC)C1. The van der Waals surface area contributed by atoms with Gasteiger partial charge in [0.15, 0.2) is 0 Å². The Morgan fingerprint density at radius 2 is 2.43 bits per heavy atom. The van der Waals surface area contributed by atoms with Crippen LogP contribution in [-0.2, 0) is 9.53 Å². The molecule has 14 heavy (non-hydrogen) atoms. The first-order chi connectivity index (χ1) is 6.77. The third kappa shape index (κ3) is 3.27. The van der Waals surface area contributed by atoms with Crippen LogP contribution in [0.2, 0.25) is 0 Å². The van der Waals surface area contributed by atoms with Crippen molar-refractivity contribution in [1.82, 2.24) is 10.2 Å². The number of likely N-dealkylation sites (tertiary alicyclic amines) is 1. The van der Waals surface area contributed by atoms with Crippen molar-refractivity contribution < 1.29 is 9.53 Å². The van der Waals surface area contributed by atoms with E-state index in [1.165, 1.54) is 6.42 Å². The highest BCUT2D eigenvalue weighted by molar-refractivity contribution is 5.78. The Labute approximate surface area is 85.6 Å². The minimum Gasteiger partial charge on any atom is -0.384 e. The smallest absolute Gasteiger partial charge is 0.236 e. The maximum Gasteiger partial charge on any atom is 0.236 e. The van der Waals surface area contributed by atoms with Crippen LogP contribution in [0.5, 0.6) is 0 Å². The fourth-order valence-electron chi connectivity index (χ4n) is 1.93. The molecule has 1 atom stereocenters. The highest BCUT2D eigenvalue weighted by atomic mass is 16.5.